The van der Waals surface area contributed by atoms with Crippen molar-refractivity contribution in [2.45, 2.75) is 63.7 Å². The second-order valence-corrected chi connectivity index (χ2v) is 8.65. The second kappa shape index (κ2) is 4.90. The van der Waals surface area contributed by atoms with Gasteiger partial charge in [0.2, 0.25) is 0 Å². The van der Waals surface area contributed by atoms with Gasteiger partial charge in [0, 0.05) is 39.9 Å². The van der Waals surface area contributed by atoms with E-state index in [-0.39, 0.29) is 11.0 Å². The maximum atomic E-state index is 12.8. The standard InChI is InChI=1S/C21H23N3O/c1-21(2,3)16-9-8-14-15(22-16)10-11-24-18-13-6-4-12(5-7-13)17(18)20(25)23-19(14)24/h8-13H,4-7H2,1-3H3. The average molecular weight is 333 g/mol. The van der Waals surface area contributed by atoms with Gasteiger partial charge in [0.25, 0.3) is 5.56 Å². The van der Waals surface area contributed by atoms with E-state index in [1.165, 1.54) is 18.5 Å². The van der Waals surface area contributed by atoms with E-state index in [2.05, 4.69) is 54.6 Å². The van der Waals surface area contributed by atoms with Crippen LogP contribution in [0.4, 0.5) is 0 Å². The fourth-order valence-corrected chi connectivity index (χ4v) is 4.71. The molecular weight excluding hydrogens is 310 g/mol. The van der Waals surface area contributed by atoms with Crippen molar-refractivity contribution in [3.63, 3.8) is 0 Å². The number of aromatic nitrogens is 3. The van der Waals surface area contributed by atoms with Crippen molar-refractivity contribution in [2.75, 3.05) is 0 Å². The molecule has 3 aliphatic rings. The van der Waals surface area contributed by atoms with E-state index in [0.29, 0.717) is 11.8 Å². The summed E-state index contributed by atoms with van der Waals surface area (Å²) in [5, 5.41) is 0.969. The zero-order valence-electron chi connectivity index (χ0n) is 15.0. The number of pyridine rings is 2. The summed E-state index contributed by atoms with van der Waals surface area (Å²) < 4.78 is 2.17. The molecule has 0 radical (unpaired) electrons. The summed E-state index contributed by atoms with van der Waals surface area (Å²) in [5.74, 6) is 0.913. The van der Waals surface area contributed by atoms with E-state index in [4.69, 9.17) is 4.98 Å². The fourth-order valence-electron chi connectivity index (χ4n) is 4.71. The van der Waals surface area contributed by atoms with E-state index >= 15 is 0 Å². The Morgan fingerprint density at radius 2 is 1.72 bits per heavy atom. The van der Waals surface area contributed by atoms with Gasteiger partial charge >= 0.3 is 0 Å². The summed E-state index contributed by atoms with van der Waals surface area (Å²) in [6, 6.07) is 6.23. The summed E-state index contributed by atoms with van der Waals surface area (Å²) >= 11 is 0. The summed E-state index contributed by atoms with van der Waals surface area (Å²) in [4.78, 5) is 22.1. The summed E-state index contributed by atoms with van der Waals surface area (Å²) in [5.41, 5.74) is 4.93. The van der Waals surface area contributed by atoms with Gasteiger partial charge in [-0.15, -0.1) is 0 Å². The van der Waals surface area contributed by atoms with Crippen LogP contribution in [-0.2, 0) is 5.41 Å². The molecule has 0 amide bonds. The maximum Gasteiger partial charge on any atom is 0.276 e. The molecular formula is C21H23N3O. The minimum Gasteiger partial charge on any atom is -0.304 e. The van der Waals surface area contributed by atoms with Crippen LogP contribution in [0.15, 0.2) is 29.2 Å². The van der Waals surface area contributed by atoms with Crippen LogP contribution >= 0.6 is 0 Å². The van der Waals surface area contributed by atoms with E-state index in [0.717, 1.165) is 40.6 Å². The Morgan fingerprint density at radius 3 is 2.44 bits per heavy atom. The second-order valence-electron chi connectivity index (χ2n) is 8.65. The molecule has 0 aromatic carbocycles. The number of rotatable bonds is 0. The van der Waals surface area contributed by atoms with Crippen molar-refractivity contribution in [3.8, 4) is 0 Å². The van der Waals surface area contributed by atoms with Gasteiger partial charge in [0.1, 0.15) is 0 Å². The van der Waals surface area contributed by atoms with E-state index in [1.807, 2.05) is 0 Å². The van der Waals surface area contributed by atoms with Gasteiger partial charge in [-0.3, -0.25) is 9.78 Å². The Labute approximate surface area is 146 Å². The lowest BCUT2D eigenvalue weighted by Gasteiger charge is -2.37. The van der Waals surface area contributed by atoms with E-state index < -0.39 is 0 Å². The maximum absolute atomic E-state index is 12.8. The van der Waals surface area contributed by atoms with Crippen LogP contribution in [0.25, 0.3) is 16.6 Å². The van der Waals surface area contributed by atoms with E-state index in [1.54, 1.807) is 0 Å². The molecule has 25 heavy (non-hydrogen) atoms. The first-order valence-electron chi connectivity index (χ1n) is 9.30. The molecule has 4 heteroatoms. The van der Waals surface area contributed by atoms with Crippen LogP contribution in [0.1, 0.15) is 75.2 Å². The molecule has 2 bridgehead atoms. The van der Waals surface area contributed by atoms with Gasteiger partial charge in [-0.05, 0) is 49.8 Å². The Kier molecular flexibility index (Phi) is 2.95. The minimum absolute atomic E-state index is 0.00240. The molecule has 0 saturated heterocycles. The zero-order chi connectivity index (χ0) is 17.3. The Hall–Kier alpha value is -2.23. The quantitative estimate of drug-likeness (QED) is 0.576. The molecule has 3 heterocycles. The molecule has 0 spiro atoms. The first kappa shape index (κ1) is 15.1. The molecule has 1 fully saturated rings. The summed E-state index contributed by atoms with van der Waals surface area (Å²) in [6.45, 7) is 6.49. The molecule has 3 aromatic rings. The number of hydrogen-bond donors (Lipinski definition) is 0. The molecule has 6 rings (SSSR count). The Morgan fingerprint density at radius 1 is 1.00 bits per heavy atom. The number of fused-ring (bicyclic) bond motifs is 5. The van der Waals surface area contributed by atoms with Crippen molar-refractivity contribution in [1.82, 2.24) is 14.4 Å². The van der Waals surface area contributed by atoms with Gasteiger partial charge in [0.05, 0.1) is 5.52 Å². The van der Waals surface area contributed by atoms with Crippen molar-refractivity contribution in [3.05, 3.63) is 51.7 Å². The largest absolute Gasteiger partial charge is 0.304 e. The van der Waals surface area contributed by atoms with Crippen molar-refractivity contribution in [2.24, 2.45) is 0 Å². The smallest absolute Gasteiger partial charge is 0.276 e. The predicted octanol–water partition coefficient (Wildman–Crippen LogP) is 4.30. The normalized spacial score (nSPS) is 22.5. The van der Waals surface area contributed by atoms with Crippen LogP contribution in [0.3, 0.4) is 0 Å². The third-order valence-corrected chi connectivity index (χ3v) is 6.04. The molecule has 0 unspecified atom stereocenters. The van der Waals surface area contributed by atoms with Gasteiger partial charge in [0.15, 0.2) is 5.65 Å². The Balaban J connectivity index is 1.85. The first-order chi connectivity index (χ1) is 11.9. The van der Waals surface area contributed by atoms with Crippen LogP contribution in [-0.4, -0.2) is 14.4 Å². The molecule has 0 aliphatic heterocycles. The van der Waals surface area contributed by atoms with Crippen molar-refractivity contribution < 1.29 is 0 Å². The number of nitrogens with zero attached hydrogens (tertiary/aromatic N) is 3. The molecule has 4 nitrogen and oxygen atoms in total. The highest BCUT2D eigenvalue weighted by Crippen LogP contribution is 2.47. The highest BCUT2D eigenvalue weighted by Gasteiger charge is 2.37. The highest BCUT2D eigenvalue weighted by atomic mass is 16.1. The fraction of sp³-hybridized carbons (Fsp3) is 0.476. The minimum atomic E-state index is -0.0169. The van der Waals surface area contributed by atoms with Crippen LogP contribution < -0.4 is 5.56 Å². The highest BCUT2D eigenvalue weighted by molar-refractivity contribution is 5.91. The monoisotopic (exact) mass is 333 g/mol. The van der Waals surface area contributed by atoms with Gasteiger partial charge in [-0.25, -0.2) is 0 Å². The van der Waals surface area contributed by atoms with Crippen molar-refractivity contribution in [1.29, 1.82) is 0 Å². The lowest BCUT2D eigenvalue weighted by molar-refractivity contribution is 0.344. The van der Waals surface area contributed by atoms with Crippen molar-refractivity contribution >= 4 is 16.6 Å². The van der Waals surface area contributed by atoms with Crippen LogP contribution in [0.2, 0.25) is 0 Å². The van der Waals surface area contributed by atoms with E-state index in [9.17, 15) is 4.79 Å². The topological polar surface area (TPSA) is 47.3 Å². The molecule has 1 saturated carbocycles. The zero-order valence-corrected chi connectivity index (χ0v) is 15.0. The third kappa shape index (κ3) is 2.09. The summed E-state index contributed by atoms with van der Waals surface area (Å²) in [6.07, 6.45) is 6.75. The molecule has 3 aliphatic carbocycles. The third-order valence-electron chi connectivity index (χ3n) is 6.04. The number of hydrogen-bond acceptors (Lipinski definition) is 3. The SMILES string of the molecule is CC(C)(C)c1ccc2c(ccn3c4c(c(=O)nc23)C2CCC4CC2)n1. The summed E-state index contributed by atoms with van der Waals surface area (Å²) in [7, 11) is 0. The molecule has 128 valence electrons. The molecule has 0 atom stereocenters. The molecule has 0 N–H and O–H groups in total. The van der Waals surface area contributed by atoms with Gasteiger partial charge < -0.3 is 4.40 Å². The lowest BCUT2D eigenvalue weighted by Crippen LogP contribution is -2.32. The van der Waals surface area contributed by atoms with Crippen LogP contribution in [0.5, 0.6) is 0 Å². The first-order valence-corrected chi connectivity index (χ1v) is 9.30. The average Bonchev–Trinajstić information content (AvgIpc) is 2.61. The van der Waals surface area contributed by atoms with Gasteiger partial charge in [-0.2, -0.15) is 4.98 Å². The van der Waals surface area contributed by atoms with Gasteiger partial charge in [-0.1, -0.05) is 20.8 Å². The lowest BCUT2D eigenvalue weighted by atomic mass is 9.69. The Bertz CT molecular complexity index is 1070. The molecule has 3 aromatic heterocycles. The predicted molar refractivity (Wildman–Crippen MR) is 99.4 cm³/mol. The van der Waals surface area contributed by atoms with Crippen LogP contribution in [0, 0.1) is 0 Å².